The van der Waals surface area contributed by atoms with Crippen molar-refractivity contribution in [3.8, 4) is 0 Å². The highest BCUT2D eigenvalue weighted by atomic mass is 16.5. The van der Waals surface area contributed by atoms with Crippen molar-refractivity contribution in [3.63, 3.8) is 0 Å². The van der Waals surface area contributed by atoms with Gasteiger partial charge in [-0.15, -0.1) is 0 Å². The fourth-order valence-corrected chi connectivity index (χ4v) is 2.59. The van der Waals surface area contributed by atoms with E-state index in [-0.39, 0.29) is 0 Å². The second kappa shape index (κ2) is 6.66. The van der Waals surface area contributed by atoms with E-state index in [1.807, 2.05) is 36.2 Å². The van der Waals surface area contributed by atoms with Crippen LogP contribution in [0.2, 0.25) is 0 Å². The molecule has 0 aliphatic rings. The Hall–Kier alpha value is -2.96. The van der Waals surface area contributed by atoms with Crippen LogP contribution < -0.4 is 4.90 Å². The van der Waals surface area contributed by atoms with Crippen LogP contribution >= 0.6 is 0 Å². The molecule has 7 nitrogen and oxygen atoms in total. The molecular weight excluding hydrogens is 308 g/mol. The number of fused-ring (bicyclic) bond motifs is 1. The van der Waals surface area contributed by atoms with Gasteiger partial charge >= 0.3 is 5.97 Å². The van der Waals surface area contributed by atoms with E-state index >= 15 is 0 Å². The predicted octanol–water partition coefficient (Wildman–Crippen LogP) is 2.74. The Balaban J connectivity index is 2.08. The molecule has 0 spiro atoms. The van der Waals surface area contributed by atoms with Gasteiger partial charge in [-0.25, -0.2) is 4.79 Å². The quantitative estimate of drug-likeness (QED) is 0.667. The number of hydrogen-bond donors (Lipinski definition) is 0. The number of pyridine rings is 1. The molecule has 0 amide bonds. The first-order chi connectivity index (χ1) is 11.6. The van der Waals surface area contributed by atoms with Gasteiger partial charge in [0.1, 0.15) is 5.56 Å². The van der Waals surface area contributed by atoms with Crippen LogP contribution in [0.1, 0.15) is 29.0 Å². The summed E-state index contributed by atoms with van der Waals surface area (Å²) in [6, 6.07) is 7.65. The van der Waals surface area contributed by atoms with E-state index < -0.39 is 5.97 Å². The van der Waals surface area contributed by atoms with Crippen molar-refractivity contribution >= 4 is 22.6 Å². The minimum absolute atomic E-state index is 0.304. The van der Waals surface area contributed by atoms with Gasteiger partial charge in [-0.3, -0.25) is 4.98 Å². The van der Waals surface area contributed by atoms with E-state index in [0.29, 0.717) is 30.4 Å². The van der Waals surface area contributed by atoms with Gasteiger partial charge in [-0.1, -0.05) is 23.4 Å². The molecule has 0 aliphatic carbocycles. The van der Waals surface area contributed by atoms with E-state index in [1.165, 1.54) is 0 Å². The molecule has 7 heteroatoms. The van der Waals surface area contributed by atoms with Crippen molar-refractivity contribution in [3.05, 3.63) is 47.7 Å². The third kappa shape index (κ3) is 3.05. The van der Waals surface area contributed by atoms with Crippen molar-refractivity contribution in [1.82, 2.24) is 15.1 Å². The number of aryl methyl sites for hydroxylation is 1. The Labute approximate surface area is 139 Å². The smallest absolute Gasteiger partial charge is 0.341 e. The average Bonchev–Trinajstić information content (AvgIpc) is 2.98. The number of benzene rings is 1. The SMILES string of the molecule is CCOC(=O)c1cnc2ccccc2c1N(C)Cc1noc(C)n1. The topological polar surface area (TPSA) is 81.4 Å². The number of anilines is 1. The second-order valence-corrected chi connectivity index (χ2v) is 5.34. The molecule has 0 bridgehead atoms. The summed E-state index contributed by atoms with van der Waals surface area (Å²) in [5.74, 6) is 0.649. The monoisotopic (exact) mass is 326 g/mol. The van der Waals surface area contributed by atoms with Gasteiger partial charge in [0.2, 0.25) is 5.89 Å². The molecule has 3 rings (SSSR count). The van der Waals surface area contributed by atoms with Crippen LogP contribution in [0.5, 0.6) is 0 Å². The molecule has 24 heavy (non-hydrogen) atoms. The fraction of sp³-hybridized carbons (Fsp3) is 0.294. The van der Waals surface area contributed by atoms with Gasteiger partial charge < -0.3 is 14.2 Å². The maximum Gasteiger partial charge on any atom is 0.341 e. The number of nitrogens with zero attached hydrogens (tertiary/aromatic N) is 4. The Morgan fingerprint density at radius 2 is 2.12 bits per heavy atom. The Bertz CT molecular complexity index is 875. The fourth-order valence-electron chi connectivity index (χ4n) is 2.59. The van der Waals surface area contributed by atoms with Crippen LogP contribution in [-0.2, 0) is 11.3 Å². The molecule has 2 heterocycles. The molecule has 0 N–H and O–H groups in total. The first-order valence-corrected chi connectivity index (χ1v) is 7.65. The van der Waals surface area contributed by atoms with Gasteiger partial charge in [0, 0.05) is 25.6 Å². The molecule has 124 valence electrons. The number of ether oxygens (including phenoxy) is 1. The summed E-state index contributed by atoms with van der Waals surface area (Å²) in [5.41, 5.74) is 1.96. The summed E-state index contributed by atoms with van der Waals surface area (Å²) >= 11 is 0. The molecule has 0 aliphatic heterocycles. The molecule has 0 saturated carbocycles. The largest absolute Gasteiger partial charge is 0.462 e. The van der Waals surface area contributed by atoms with Crippen LogP contribution in [-0.4, -0.2) is 34.7 Å². The number of rotatable bonds is 5. The number of aromatic nitrogens is 3. The van der Waals surface area contributed by atoms with Crippen molar-refractivity contribution in [2.75, 3.05) is 18.6 Å². The molecule has 2 aromatic heterocycles. The zero-order valence-corrected chi connectivity index (χ0v) is 13.8. The molecule has 1 aromatic carbocycles. The molecule has 0 atom stereocenters. The van der Waals surface area contributed by atoms with Crippen LogP contribution in [0.4, 0.5) is 5.69 Å². The molecule has 3 aromatic rings. The lowest BCUT2D eigenvalue weighted by atomic mass is 10.1. The lowest BCUT2D eigenvalue weighted by Crippen LogP contribution is -2.21. The Kier molecular flexibility index (Phi) is 4.41. The van der Waals surface area contributed by atoms with Gasteiger partial charge in [-0.2, -0.15) is 4.98 Å². The highest BCUT2D eigenvalue weighted by Gasteiger charge is 2.20. The van der Waals surface area contributed by atoms with Crippen molar-refractivity contribution in [2.45, 2.75) is 20.4 Å². The summed E-state index contributed by atoms with van der Waals surface area (Å²) in [6.07, 6.45) is 1.55. The van der Waals surface area contributed by atoms with Crippen LogP contribution in [0, 0.1) is 6.92 Å². The van der Waals surface area contributed by atoms with Crippen LogP contribution in [0.25, 0.3) is 10.9 Å². The van der Waals surface area contributed by atoms with E-state index in [1.54, 1.807) is 20.0 Å². The van der Waals surface area contributed by atoms with E-state index in [0.717, 1.165) is 16.6 Å². The van der Waals surface area contributed by atoms with Gasteiger partial charge in [0.25, 0.3) is 0 Å². The Morgan fingerprint density at radius 1 is 1.33 bits per heavy atom. The first kappa shape index (κ1) is 15.9. The molecule has 0 unspecified atom stereocenters. The first-order valence-electron chi connectivity index (χ1n) is 7.65. The van der Waals surface area contributed by atoms with Gasteiger partial charge in [0.15, 0.2) is 5.82 Å². The number of para-hydroxylation sites is 1. The average molecular weight is 326 g/mol. The standard InChI is InChI=1S/C17H18N4O3/c1-4-23-17(22)13-9-18-14-8-6-5-7-12(14)16(13)21(3)10-15-19-11(2)24-20-15/h5-9H,4,10H2,1-3H3. The normalized spacial score (nSPS) is 10.8. The summed E-state index contributed by atoms with van der Waals surface area (Å²) < 4.78 is 10.2. The summed E-state index contributed by atoms with van der Waals surface area (Å²) in [4.78, 5) is 22.8. The minimum atomic E-state index is -0.401. The van der Waals surface area contributed by atoms with Crippen LogP contribution in [0.15, 0.2) is 35.0 Å². The van der Waals surface area contributed by atoms with E-state index in [4.69, 9.17) is 9.26 Å². The molecular formula is C17H18N4O3. The minimum Gasteiger partial charge on any atom is -0.462 e. The highest BCUT2D eigenvalue weighted by molar-refractivity contribution is 6.05. The zero-order valence-electron chi connectivity index (χ0n) is 13.8. The third-order valence-corrected chi connectivity index (χ3v) is 3.57. The maximum absolute atomic E-state index is 12.3. The van der Waals surface area contributed by atoms with Crippen LogP contribution in [0.3, 0.4) is 0 Å². The highest BCUT2D eigenvalue weighted by Crippen LogP contribution is 2.30. The maximum atomic E-state index is 12.3. The van der Waals surface area contributed by atoms with E-state index in [9.17, 15) is 4.79 Å². The lowest BCUT2D eigenvalue weighted by Gasteiger charge is -2.22. The zero-order chi connectivity index (χ0) is 17.1. The number of hydrogen-bond acceptors (Lipinski definition) is 7. The van der Waals surface area contributed by atoms with Gasteiger partial charge in [0.05, 0.1) is 24.4 Å². The lowest BCUT2D eigenvalue weighted by molar-refractivity contribution is 0.0527. The number of carbonyl (C=O) groups is 1. The number of esters is 1. The van der Waals surface area contributed by atoms with Crippen molar-refractivity contribution in [1.29, 1.82) is 0 Å². The molecule has 0 fully saturated rings. The number of carbonyl (C=O) groups excluding carboxylic acids is 1. The summed E-state index contributed by atoms with van der Waals surface area (Å²) in [7, 11) is 1.87. The summed E-state index contributed by atoms with van der Waals surface area (Å²) in [5, 5.41) is 4.78. The third-order valence-electron chi connectivity index (χ3n) is 3.57. The summed E-state index contributed by atoms with van der Waals surface area (Å²) in [6.45, 7) is 4.22. The molecule has 0 radical (unpaired) electrons. The van der Waals surface area contributed by atoms with Crippen molar-refractivity contribution in [2.24, 2.45) is 0 Å². The predicted molar refractivity (Wildman–Crippen MR) is 88.8 cm³/mol. The molecule has 0 saturated heterocycles. The van der Waals surface area contributed by atoms with E-state index in [2.05, 4.69) is 15.1 Å². The van der Waals surface area contributed by atoms with Crippen molar-refractivity contribution < 1.29 is 14.1 Å². The van der Waals surface area contributed by atoms with Gasteiger partial charge in [-0.05, 0) is 13.0 Å². The second-order valence-electron chi connectivity index (χ2n) is 5.34. The Morgan fingerprint density at radius 3 is 2.83 bits per heavy atom.